The second-order valence-corrected chi connectivity index (χ2v) is 7.87. The van der Waals surface area contributed by atoms with E-state index in [-0.39, 0.29) is 8.15 Å². The first-order valence-corrected chi connectivity index (χ1v) is 7.08. The molecule has 0 saturated heterocycles. The summed E-state index contributed by atoms with van der Waals surface area (Å²) in [4.78, 5) is 0. The highest BCUT2D eigenvalue weighted by molar-refractivity contribution is 7.50. The van der Waals surface area contributed by atoms with E-state index < -0.39 is 0 Å². The summed E-state index contributed by atoms with van der Waals surface area (Å²) in [5.74, 6) is 0. The molecule has 3 heteroatoms. The Kier molecular flexibility index (Phi) is 4.97. The van der Waals surface area contributed by atoms with E-state index in [1.54, 1.807) is 0 Å². The molecule has 0 aliphatic carbocycles. The molecule has 0 atom stereocenters. The molecule has 0 N–H and O–H groups in total. The lowest BCUT2D eigenvalue weighted by Crippen LogP contribution is -2.23. The van der Waals surface area contributed by atoms with E-state index in [1.807, 2.05) is 0 Å². The number of rotatable bonds is 5. The first kappa shape index (κ1) is 13.5. The molecule has 0 spiro atoms. The zero-order chi connectivity index (χ0) is 10.7. The van der Waals surface area contributed by atoms with E-state index in [0.717, 1.165) is 6.61 Å². The fourth-order valence-corrected chi connectivity index (χ4v) is 2.40. The van der Waals surface area contributed by atoms with Gasteiger partial charge >= 0.3 is 0 Å². The monoisotopic (exact) mass is 202 g/mol. The van der Waals surface area contributed by atoms with Gasteiger partial charge in [-0.1, -0.05) is 33.0 Å². The number of hydrogen-bond acceptors (Lipinski definition) is 1. The van der Waals surface area contributed by atoms with Crippen LogP contribution >= 0.6 is 8.15 Å². The molecule has 0 bridgehead atoms. The summed E-state index contributed by atoms with van der Waals surface area (Å²) in [7, 11) is 2.08. The second-order valence-electron chi connectivity index (χ2n) is 5.99. The predicted octanol–water partition coefficient (Wildman–Crippen LogP) is 2.91. The molecule has 0 aromatic rings. The molecular formula is C10H24BOP. The molecule has 0 amide bonds. The van der Waals surface area contributed by atoms with Crippen LogP contribution in [0.3, 0.4) is 0 Å². The third kappa shape index (κ3) is 8.78. The third-order valence-corrected chi connectivity index (χ3v) is 2.37. The highest BCUT2D eigenvalue weighted by Gasteiger charge is 2.25. The van der Waals surface area contributed by atoms with Gasteiger partial charge in [-0.05, 0) is 25.2 Å². The largest absolute Gasteiger partial charge is 0.359 e. The Morgan fingerprint density at radius 2 is 1.62 bits per heavy atom. The minimum Gasteiger partial charge on any atom is -0.359 e. The Morgan fingerprint density at radius 3 is 1.92 bits per heavy atom. The molecule has 0 rings (SSSR count). The summed E-state index contributed by atoms with van der Waals surface area (Å²) in [6, 6.07) is 0. The maximum Gasteiger partial charge on any atom is 0.108 e. The maximum absolute atomic E-state index is 5.72. The Morgan fingerprint density at radius 1 is 1.15 bits per heavy atom. The molecule has 0 heterocycles. The van der Waals surface area contributed by atoms with Crippen molar-refractivity contribution in [1.82, 2.24) is 0 Å². The Balaban J connectivity index is 3.94. The summed E-state index contributed by atoms with van der Waals surface area (Å²) in [5, 5.41) is 0.400. The molecular weight excluding hydrogens is 178 g/mol. The van der Waals surface area contributed by atoms with Crippen molar-refractivity contribution < 1.29 is 4.52 Å². The van der Waals surface area contributed by atoms with Crippen LogP contribution in [0.4, 0.5) is 0 Å². The Hall–Kier alpha value is 0.455. The van der Waals surface area contributed by atoms with Crippen LogP contribution in [-0.2, 0) is 4.52 Å². The van der Waals surface area contributed by atoms with Gasteiger partial charge in [0.15, 0.2) is 0 Å². The molecule has 78 valence electrons. The van der Waals surface area contributed by atoms with Gasteiger partial charge in [0, 0.05) is 8.15 Å². The van der Waals surface area contributed by atoms with Gasteiger partial charge in [0.1, 0.15) is 7.85 Å². The summed E-state index contributed by atoms with van der Waals surface area (Å²) in [6.07, 6.45) is 1.21. The van der Waals surface area contributed by atoms with E-state index in [4.69, 9.17) is 4.52 Å². The zero-order valence-corrected chi connectivity index (χ0v) is 11.2. The molecule has 0 aromatic heterocycles. The molecule has 0 unspecified atom stereocenters. The average Bonchev–Trinajstić information content (AvgIpc) is 1.78. The first-order valence-electron chi connectivity index (χ1n) is 4.93. The maximum atomic E-state index is 5.72. The standard InChI is InChI=1S/C10H24BOP/c1-9(2,7-10(3,4)11)8-12-13(5)6/h7-8,11H2,1-6H3. The van der Waals surface area contributed by atoms with Gasteiger partial charge in [-0.3, -0.25) is 0 Å². The van der Waals surface area contributed by atoms with E-state index in [2.05, 4.69) is 48.9 Å². The lowest BCUT2D eigenvalue weighted by molar-refractivity contribution is 0.171. The Bertz CT molecular complexity index is 149. The van der Waals surface area contributed by atoms with Crippen molar-refractivity contribution in [2.45, 2.75) is 39.4 Å². The van der Waals surface area contributed by atoms with E-state index >= 15 is 0 Å². The van der Waals surface area contributed by atoms with Crippen molar-refractivity contribution in [1.29, 1.82) is 0 Å². The van der Waals surface area contributed by atoms with E-state index in [0.29, 0.717) is 10.7 Å². The van der Waals surface area contributed by atoms with Gasteiger partial charge in [0.25, 0.3) is 0 Å². The summed E-state index contributed by atoms with van der Waals surface area (Å²) >= 11 is 0. The van der Waals surface area contributed by atoms with Crippen molar-refractivity contribution in [2.24, 2.45) is 5.41 Å². The van der Waals surface area contributed by atoms with Crippen LogP contribution in [-0.4, -0.2) is 27.8 Å². The van der Waals surface area contributed by atoms with Crippen LogP contribution < -0.4 is 0 Å². The average molecular weight is 202 g/mol. The lowest BCUT2D eigenvalue weighted by atomic mass is 9.64. The fraction of sp³-hybridized carbons (Fsp3) is 1.00. The molecule has 0 aliphatic heterocycles. The van der Waals surface area contributed by atoms with Gasteiger partial charge in [-0.2, -0.15) is 0 Å². The Labute approximate surface area is 85.9 Å². The van der Waals surface area contributed by atoms with Crippen molar-refractivity contribution >= 4 is 16.0 Å². The van der Waals surface area contributed by atoms with Crippen molar-refractivity contribution in [3.8, 4) is 0 Å². The van der Waals surface area contributed by atoms with Gasteiger partial charge in [0.2, 0.25) is 0 Å². The quantitative estimate of drug-likeness (QED) is 0.492. The minimum atomic E-state index is -0.206. The predicted molar refractivity (Wildman–Crippen MR) is 65.7 cm³/mol. The van der Waals surface area contributed by atoms with Crippen LogP contribution in [0.1, 0.15) is 34.1 Å². The fourth-order valence-electron chi connectivity index (χ4n) is 1.79. The minimum absolute atomic E-state index is 0.206. The molecule has 0 fully saturated rings. The molecule has 0 aliphatic rings. The van der Waals surface area contributed by atoms with Crippen LogP contribution in [0.15, 0.2) is 0 Å². The van der Waals surface area contributed by atoms with Crippen molar-refractivity contribution in [3.63, 3.8) is 0 Å². The van der Waals surface area contributed by atoms with Crippen LogP contribution in [0.25, 0.3) is 0 Å². The van der Waals surface area contributed by atoms with E-state index in [1.165, 1.54) is 6.42 Å². The van der Waals surface area contributed by atoms with Crippen molar-refractivity contribution in [3.05, 3.63) is 0 Å². The molecule has 13 heavy (non-hydrogen) atoms. The van der Waals surface area contributed by atoms with Crippen LogP contribution in [0.2, 0.25) is 5.31 Å². The number of hydrogen-bond donors (Lipinski definition) is 0. The summed E-state index contributed by atoms with van der Waals surface area (Å²) in [6.45, 7) is 14.4. The van der Waals surface area contributed by atoms with E-state index in [9.17, 15) is 0 Å². The lowest BCUT2D eigenvalue weighted by Gasteiger charge is -2.32. The normalized spacial score (nSPS) is 13.8. The third-order valence-electron chi connectivity index (χ3n) is 1.72. The highest BCUT2D eigenvalue weighted by atomic mass is 31.1. The first-order chi connectivity index (χ1) is 5.62. The molecule has 0 radical (unpaired) electrons. The molecule has 0 aromatic carbocycles. The van der Waals surface area contributed by atoms with Gasteiger partial charge in [0.05, 0.1) is 6.61 Å². The van der Waals surface area contributed by atoms with Gasteiger partial charge in [-0.15, -0.1) is 0 Å². The molecule has 1 nitrogen and oxygen atoms in total. The van der Waals surface area contributed by atoms with Gasteiger partial charge in [-0.25, -0.2) is 0 Å². The van der Waals surface area contributed by atoms with Crippen LogP contribution in [0, 0.1) is 5.41 Å². The van der Waals surface area contributed by atoms with Crippen molar-refractivity contribution in [2.75, 3.05) is 19.9 Å². The van der Waals surface area contributed by atoms with Crippen LogP contribution in [0.5, 0.6) is 0 Å². The SMILES string of the molecule is BC(C)(C)CC(C)(C)COP(C)C. The zero-order valence-electron chi connectivity index (χ0n) is 10.3. The van der Waals surface area contributed by atoms with Gasteiger partial charge < -0.3 is 4.52 Å². The topological polar surface area (TPSA) is 9.23 Å². The smallest absolute Gasteiger partial charge is 0.108 e. The second kappa shape index (κ2) is 4.80. The molecule has 0 saturated carbocycles. The summed E-state index contributed by atoms with van der Waals surface area (Å²) in [5.41, 5.74) is 0.310. The summed E-state index contributed by atoms with van der Waals surface area (Å²) < 4.78 is 5.72. The highest BCUT2D eigenvalue weighted by Crippen LogP contribution is 2.39.